The lowest BCUT2D eigenvalue weighted by Crippen LogP contribution is -2.11. The predicted molar refractivity (Wildman–Crippen MR) is 67.2 cm³/mol. The zero-order valence-corrected chi connectivity index (χ0v) is 9.78. The largest absolute Gasteiger partial charge is 0.508 e. The Morgan fingerprint density at radius 3 is 2.35 bits per heavy atom. The molecule has 0 aliphatic heterocycles. The number of rotatable bonds is 3. The molecule has 17 heavy (non-hydrogen) atoms. The Bertz CT molecular complexity index is 537. The highest BCUT2D eigenvalue weighted by molar-refractivity contribution is 7.99. The van der Waals surface area contributed by atoms with Crippen LogP contribution in [-0.4, -0.2) is 11.0 Å². The van der Waals surface area contributed by atoms with Crippen LogP contribution in [0.15, 0.2) is 58.3 Å². The van der Waals surface area contributed by atoms with Crippen molar-refractivity contribution in [1.29, 1.82) is 0 Å². The highest BCUT2D eigenvalue weighted by Gasteiger charge is 2.08. The molecule has 4 heteroatoms. The van der Waals surface area contributed by atoms with Gasteiger partial charge in [0.25, 0.3) is 0 Å². The molecule has 0 bridgehead atoms. The maximum absolute atomic E-state index is 11.2. The van der Waals surface area contributed by atoms with Crippen LogP contribution in [0, 0.1) is 0 Å². The minimum absolute atomic E-state index is 0.220. The van der Waals surface area contributed by atoms with Gasteiger partial charge in [-0.05, 0) is 36.4 Å². The zero-order chi connectivity index (χ0) is 12.3. The summed E-state index contributed by atoms with van der Waals surface area (Å²) >= 11 is 1.44. The Morgan fingerprint density at radius 2 is 1.71 bits per heavy atom. The normalized spacial score (nSPS) is 10.1. The van der Waals surface area contributed by atoms with Crippen molar-refractivity contribution in [1.82, 2.24) is 0 Å². The average Bonchev–Trinajstić information content (AvgIpc) is 2.32. The molecule has 0 fully saturated rings. The Labute approximate surface area is 103 Å². The van der Waals surface area contributed by atoms with E-state index in [4.69, 9.17) is 5.73 Å². The number of carbonyl (C=O) groups is 1. The van der Waals surface area contributed by atoms with Gasteiger partial charge in [-0.1, -0.05) is 23.9 Å². The minimum Gasteiger partial charge on any atom is -0.508 e. The van der Waals surface area contributed by atoms with Gasteiger partial charge in [0, 0.05) is 9.79 Å². The van der Waals surface area contributed by atoms with Gasteiger partial charge in [0.05, 0.1) is 5.56 Å². The first-order chi connectivity index (χ1) is 8.16. The predicted octanol–water partition coefficient (Wildman–Crippen LogP) is 2.64. The van der Waals surface area contributed by atoms with E-state index in [1.165, 1.54) is 11.8 Å². The van der Waals surface area contributed by atoms with Gasteiger partial charge in [-0.15, -0.1) is 0 Å². The second-order valence-corrected chi connectivity index (χ2v) is 4.57. The molecular weight excluding hydrogens is 234 g/mol. The quantitative estimate of drug-likeness (QED) is 0.873. The molecule has 0 spiro atoms. The van der Waals surface area contributed by atoms with E-state index in [1.807, 2.05) is 12.1 Å². The minimum atomic E-state index is -0.438. The lowest BCUT2D eigenvalue weighted by atomic mass is 10.2. The Hall–Kier alpha value is -1.94. The molecule has 2 rings (SSSR count). The Kier molecular flexibility index (Phi) is 3.35. The van der Waals surface area contributed by atoms with E-state index >= 15 is 0 Å². The lowest BCUT2D eigenvalue weighted by molar-refractivity contribution is 0.0997. The van der Waals surface area contributed by atoms with Gasteiger partial charge in [0.1, 0.15) is 5.75 Å². The molecule has 0 aromatic heterocycles. The monoisotopic (exact) mass is 245 g/mol. The summed E-state index contributed by atoms with van der Waals surface area (Å²) in [7, 11) is 0. The lowest BCUT2D eigenvalue weighted by Gasteiger charge is -2.05. The van der Waals surface area contributed by atoms with Gasteiger partial charge in [-0.25, -0.2) is 0 Å². The smallest absolute Gasteiger partial charge is 0.249 e. The summed E-state index contributed by atoms with van der Waals surface area (Å²) < 4.78 is 0. The third kappa shape index (κ3) is 2.79. The molecule has 0 unspecified atom stereocenters. The number of amides is 1. The fraction of sp³-hybridized carbons (Fsp3) is 0. The SMILES string of the molecule is NC(=O)c1ccccc1Sc1ccc(O)cc1. The van der Waals surface area contributed by atoms with Crippen molar-refractivity contribution in [3.8, 4) is 5.75 Å². The van der Waals surface area contributed by atoms with Gasteiger partial charge in [0.15, 0.2) is 0 Å². The molecule has 1 amide bonds. The van der Waals surface area contributed by atoms with Gasteiger partial charge >= 0.3 is 0 Å². The van der Waals surface area contributed by atoms with Crippen molar-refractivity contribution in [3.05, 3.63) is 54.1 Å². The average molecular weight is 245 g/mol. The molecule has 2 aromatic carbocycles. The van der Waals surface area contributed by atoms with Gasteiger partial charge in [-0.2, -0.15) is 0 Å². The number of phenolic OH excluding ortho intramolecular Hbond substituents is 1. The number of phenols is 1. The fourth-order valence-electron chi connectivity index (χ4n) is 1.40. The molecule has 3 nitrogen and oxygen atoms in total. The topological polar surface area (TPSA) is 63.3 Å². The molecule has 0 saturated heterocycles. The summed E-state index contributed by atoms with van der Waals surface area (Å²) in [6, 6.07) is 14.0. The zero-order valence-electron chi connectivity index (χ0n) is 8.96. The van der Waals surface area contributed by atoms with Crippen LogP contribution in [0.1, 0.15) is 10.4 Å². The number of carbonyl (C=O) groups excluding carboxylic acids is 1. The van der Waals surface area contributed by atoms with E-state index in [0.29, 0.717) is 5.56 Å². The molecule has 0 saturated carbocycles. The van der Waals surface area contributed by atoms with E-state index < -0.39 is 5.91 Å². The summed E-state index contributed by atoms with van der Waals surface area (Å²) in [5, 5.41) is 9.18. The number of hydrogen-bond acceptors (Lipinski definition) is 3. The van der Waals surface area contributed by atoms with Crippen LogP contribution < -0.4 is 5.73 Å². The van der Waals surface area contributed by atoms with Crippen molar-refractivity contribution in [3.63, 3.8) is 0 Å². The van der Waals surface area contributed by atoms with Crippen molar-refractivity contribution in [2.75, 3.05) is 0 Å². The summed E-state index contributed by atoms with van der Waals surface area (Å²) in [4.78, 5) is 13.0. The van der Waals surface area contributed by atoms with Crippen molar-refractivity contribution in [2.45, 2.75) is 9.79 Å². The first kappa shape index (κ1) is 11.5. The molecule has 3 N–H and O–H groups in total. The summed E-state index contributed by atoms with van der Waals surface area (Å²) in [6.45, 7) is 0. The van der Waals surface area contributed by atoms with Crippen LogP contribution in [0.2, 0.25) is 0 Å². The number of primary amides is 1. The maximum Gasteiger partial charge on any atom is 0.249 e. The van der Waals surface area contributed by atoms with E-state index in [9.17, 15) is 9.90 Å². The van der Waals surface area contributed by atoms with E-state index in [0.717, 1.165) is 9.79 Å². The number of hydrogen-bond donors (Lipinski definition) is 2. The number of aromatic hydroxyl groups is 1. The third-order valence-corrected chi connectivity index (χ3v) is 3.30. The van der Waals surface area contributed by atoms with Crippen molar-refractivity contribution in [2.24, 2.45) is 5.73 Å². The van der Waals surface area contributed by atoms with Crippen LogP contribution in [0.3, 0.4) is 0 Å². The second-order valence-electron chi connectivity index (χ2n) is 3.46. The highest BCUT2D eigenvalue weighted by Crippen LogP contribution is 2.31. The van der Waals surface area contributed by atoms with Crippen molar-refractivity contribution >= 4 is 17.7 Å². The van der Waals surface area contributed by atoms with E-state index in [2.05, 4.69) is 0 Å². The maximum atomic E-state index is 11.2. The molecule has 86 valence electrons. The highest BCUT2D eigenvalue weighted by atomic mass is 32.2. The summed E-state index contributed by atoms with van der Waals surface area (Å²) in [6.07, 6.45) is 0. The fourth-order valence-corrected chi connectivity index (χ4v) is 2.35. The number of benzene rings is 2. The molecule has 2 aromatic rings. The van der Waals surface area contributed by atoms with Gasteiger partial charge in [0.2, 0.25) is 5.91 Å². The van der Waals surface area contributed by atoms with E-state index in [-0.39, 0.29) is 5.75 Å². The first-order valence-corrected chi connectivity index (χ1v) is 5.84. The molecule has 0 atom stereocenters. The van der Waals surface area contributed by atoms with Crippen LogP contribution in [0.4, 0.5) is 0 Å². The summed E-state index contributed by atoms with van der Waals surface area (Å²) in [5.41, 5.74) is 5.81. The Morgan fingerprint density at radius 1 is 1.06 bits per heavy atom. The number of nitrogens with two attached hydrogens (primary N) is 1. The second kappa shape index (κ2) is 4.93. The molecule has 0 heterocycles. The standard InChI is InChI=1S/C13H11NO2S/c14-13(16)11-3-1-2-4-12(11)17-10-7-5-9(15)6-8-10/h1-8,15H,(H2,14,16). The molecule has 0 radical (unpaired) electrons. The molecule has 0 aliphatic rings. The molecular formula is C13H11NO2S. The summed E-state index contributed by atoms with van der Waals surface area (Å²) in [5.74, 6) is -0.218. The van der Waals surface area contributed by atoms with Gasteiger partial charge in [-0.3, -0.25) is 4.79 Å². The Balaban J connectivity index is 2.30. The third-order valence-electron chi connectivity index (χ3n) is 2.22. The first-order valence-electron chi connectivity index (χ1n) is 5.02. The van der Waals surface area contributed by atoms with Crippen LogP contribution in [-0.2, 0) is 0 Å². The van der Waals surface area contributed by atoms with Crippen molar-refractivity contribution < 1.29 is 9.90 Å². The van der Waals surface area contributed by atoms with Crippen LogP contribution in [0.25, 0.3) is 0 Å². The van der Waals surface area contributed by atoms with Gasteiger partial charge < -0.3 is 10.8 Å². The molecule has 0 aliphatic carbocycles. The van der Waals surface area contributed by atoms with E-state index in [1.54, 1.807) is 36.4 Å². The van der Waals surface area contributed by atoms with Crippen LogP contribution in [0.5, 0.6) is 5.75 Å². The van der Waals surface area contributed by atoms with Crippen LogP contribution >= 0.6 is 11.8 Å².